The molecule has 1 fully saturated rings. The first-order valence-corrected chi connectivity index (χ1v) is 7.06. The number of nitrogens with two attached hydrogens (primary N) is 1. The van der Waals surface area contributed by atoms with Gasteiger partial charge in [0, 0.05) is 6.04 Å². The Morgan fingerprint density at radius 2 is 1.75 bits per heavy atom. The van der Waals surface area contributed by atoms with Crippen molar-refractivity contribution in [3.8, 4) is 0 Å². The molecular formula is C14H26N2O4. The van der Waals surface area contributed by atoms with Crippen LogP contribution in [0.4, 0.5) is 4.79 Å². The Hall–Kier alpha value is -1.30. The monoisotopic (exact) mass is 286 g/mol. The van der Waals surface area contributed by atoms with Crippen LogP contribution in [0, 0.1) is 5.92 Å². The van der Waals surface area contributed by atoms with Gasteiger partial charge in [-0.1, -0.05) is 0 Å². The van der Waals surface area contributed by atoms with Crippen LogP contribution in [0.2, 0.25) is 0 Å². The molecule has 3 N–H and O–H groups in total. The number of carbonyl (C=O) groups is 2. The molecule has 0 radical (unpaired) electrons. The highest BCUT2D eigenvalue weighted by atomic mass is 16.6. The lowest BCUT2D eigenvalue weighted by Gasteiger charge is -2.31. The molecule has 1 amide bonds. The van der Waals surface area contributed by atoms with Crippen molar-refractivity contribution in [3.63, 3.8) is 0 Å². The first-order chi connectivity index (χ1) is 9.23. The number of rotatable bonds is 3. The number of ether oxygens (including phenoxy) is 2. The molecule has 6 heteroatoms. The van der Waals surface area contributed by atoms with E-state index >= 15 is 0 Å². The Bertz CT molecular complexity index is 344. The normalized spacial score (nSPS) is 24.6. The van der Waals surface area contributed by atoms with Crippen LogP contribution in [0.3, 0.4) is 0 Å². The fourth-order valence-electron chi connectivity index (χ4n) is 2.43. The number of alkyl carbamates (subject to hydrolysis) is 1. The second-order valence-corrected chi connectivity index (χ2v) is 6.31. The molecule has 0 aromatic heterocycles. The van der Waals surface area contributed by atoms with Crippen molar-refractivity contribution >= 4 is 12.1 Å². The molecule has 1 rings (SSSR count). The molecule has 116 valence electrons. The standard InChI is InChI=1S/C14H26N2O4/c1-14(2,3)20-13(18)16-10-7-5-9(6-8-10)11(15)12(17)19-4/h9-11H,5-8,15H2,1-4H3,(H,16,18)/t9-,10-,11?. The van der Waals surface area contributed by atoms with Crippen molar-refractivity contribution in [1.29, 1.82) is 0 Å². The van der Waals surface area contributed by atoms with E-state index in [1.54, 1.807) is 0 Å². The van der Waals surface area contributed by atoms with Crippen LogP contribution >= 0.6 is 0 Å². The largest absolute Gasteiger partial charge is 0.468 e. The molecule has 1 unspecified atom stereocenters. The lowest BCUT2D eigenvalue weighted by atomic mass is 9.82. The molecule has 0 bridgehead atoms. The maximum Gasteiger partial charge on any atom is 0.407 e. The van der Waals surface area contributed by atoms with Gasteiger partial charge in [0.1, 0.15) is 11.6 Å². The first kappa shape index (κ1) is 16.8. The van der Waals surface area contributed by atoms with Crippen LogP contribution in [0.15, 0.2) is 0 Å². The van der Waals surface area contributed by atoms with E-state index < -0.39 is 17.7 Å². The van der Waals surface area contributed by atoms with Crippen LogP contribution < -0.4 is 11.1 Å². The van der Waals surface area contributed by atoms with Crippen molar-refractivity contribution in [3.05, 3.63) is 0 Å². The average molecular weight is 286 g/mol. The fourth-order valence-corrected chi connectivity index (χ4v) is 2.43. The highest BCUT2D eigenvalue weighted by Gasteiger charge is 2.31. The summed E-state index contributed by atoms with van der Waals surface area (Å²) in [4.78, 5) is 23.1. The first-order valence-electron chi connectivity index (χ1n) is 7.06. The van der Waals surface area contributed by atoms with Gasteiger partial charge in [0.25, 0.3) is 0 Å². The molecule has 20 heavy (non-hydrogen) atoms. The van der Waals surface area contributed by atoms with Crippen LogP contribution in [-0.4, -0.2) is 36.9 Å². The molecule has 1 atom stereocenters. The van der Waals surface area contributed by atoms with E-state index in [2.05, 4.69) is 10.1 Å². The summed E-state index contributed by atoms with van der Waals surface area (Å²) in [5, 5.41) is 2.86. The van der Waals surface area contributed by atoms with E-state index in [1.165, 1.54) is 7.11 Å². The number of hydrogen-bond acceptors (Lipinski definition) is 5. The Labute approximate surface area is 120 Å². The lowest BCUT2D eigenvalue weighted by Crippen LogP contribution is -2.45. The summed E-state index contributed by atoms with van der Waals surface area (Å²) in [6, 6.07) is -0.478. The van der Waals surface area contributed by atoms with Gasteiger partial charge in [0.2, 0.25) is 0 Å². The zero-order valence-corrected chi connectivity index (χ0v) is 12.8. The molecule has 1 aliphatic carbocycles. The van der Waals surface area contributed by atoms with Gasteiger partial charge in [0.05, 0.1) is 7.11 Å². The van der Waals surface area contributed by atoms with Crippen molar-refractivity contribution in [2.45, 2.75) is 64.1 Å². The Kier molecular flexibility index (Phi) is 5.80. The van der Waals surface area contributed by atoms with Crippen LogP contribution in [0.25, 0.3) is 0 Å². The summed E-state index contributed by atoms with van der Waals surface area (Å²) in [7, 11) is 1.35. The minimum absolute atomic E-state index is 0.0888. The summed E-state index contributed by atoms with van der Waals surface area (Å²) >= 11 is 0. The molecule has 0 aliphatic heterocycles. The molecule has 6 nitrogen and oxygen atoms in total. The average Bonchev–Trinajstić information content (AvgIpc) is 2.35. The predicted octanol–water partition coefficient (Wildman–Crippen LogP) is 1.57. The topological polar surface area (TPSA) is 90.6 Å². The number of hydrogen-bond donors (Lipinski definition) is 2. The second-order valence-electron chi connectivity index (χ2n) is 6.31. The quantitative estimate of drug-likeness (QED) is 0.768. The molecule has 0 aromatic rings. The van der Waals surface area contributed by atoms with Crippen LogP contribution in [0.5, 0.6) is 0 Å². The summed E-state index contributed by atoms with van der Waals surface area (Å²) < 4.78 is 9.88. The Morgan fingerprint density at radius 1 is 1.20 bits per heavy atom. The number of methoxy groups -OCH3 is 1. The lowest BCUT2D eigenvalue weighted by molar-refractivity contribution is -0.143. The Balaban J connectivity index is 2.35. The molecule has 0 aromatic carbocycles. The highest BCUT2D eigenvalue weighted by molar-refractivity contribution is 5.75. The zero-order valence-electron chi connectivity index (χ0n) is 12.8. The van der Waals surface area contributed by atoms with Gasteiger partial charge >= 0.3 is 12.1 Å². The van der Waals surface area contributed by atoms with Crippen LogP contribution in [0.1, 0.15) is 46.5 Å². The van der Waals surface area contributed by atoms with Gasteiger partial charge in [-0.25, -0.2) is 4.79 Å². The summed E-state index contributed by atoms with van der Waals surface area (Å²) in [5.74, 6) is -0.243. The van der Waals surface area contributed by atoms with Crippen molar-refractivity contribution in [2.24, 2.45) is 11.7 Å². The Morgan fingerprint density at radius 3 is 2.20 bits per heavy atom. The van der Waals surface area contributed by atoms with Crippen molar-refractivity contribution in [2.75, 3.05) is 7.11 Å². The third-order valence-corrected chi connectivity index (χ3v) is 3.47. The third-order valence-electron chi connectivity index (χ3n) is 3.47. The second kappa shape index (κ2) is 6.92. The van der Waals surface area contributed by atoms with Crippen molar-refractivity contribution in [1.82, 2.24) is 5.32 Å². The third kappa shape index (κ3) is 5.36. The van der Waals surface area contributed by atoms with Crippen LogP contribution in [-0.2, 0) is 14.3 Å². The van der Waals surface area contributed by atoms with Gasteiger partial charge in [-0.3, -0.25) is 4.79 Å². The molecule has 1 saturated carbocycles. The van der Waals surface area contributed by atoms with Gasteiger partial charge in [-0.05, 0) is 52.4 Å². The number of nitrogens with one attached hydrogen (secondary N) is 1. The highest BCUT2D eigenvalue weighted by Crippen LogP contribution is 2.27. The molecule has 1 aliphatic rings. The van der Waals surface area contributed by atoms with E-state index in [-0.39, 0.29) is 17.9 Å². The van der Waals surface area contributed by atoms with Gasteiger partial charge in [0.15, 0.2) is 0 Å². The summed E-state index contributed by atoms with van der Waals surface area (Å²) in [6.45, 7) is 5.50. The predicted molar refractivity (Wildman–Crippen MR) is 75.1 cm³/mol. The number of esters is 1. The molecule has 0 saturated heterocycles. The van der Waals surface area contributed by atoms with E-state index in [9.17, 15) is 9.59 Å². The summed E-state index contributed by atoms with van der Waals surface area (Å²) in [6.07, 6.45) is 2.81. The van der Waals surface area contributed by atoms with E-state index in [4.69, 9.17) is 10.5 Å². The van der Waals surface area contributed by atoms with E-state index in [0.29, 0.717) is 0 Å². The maximum absolute atomic E-state index is 11.7. The number of amides is 1. The maximum atomic E-state index is 11.7. The smallest absolute Gasteiger partial charge is 0.407 e. The van der Waals surface area contributed by atoms with E-state index in [0.717, 1.165) is 25.7 Å². The van der Waals surface area contributed by atoms with Gasteiger partial charge < -0.3 is 20.5 Å². The minimum atomic E-state index is -0.567. The zero-order chi connectivity index (χ0) is 15.3. The minimum Gasteiger partial charge on any atom is -0.468 e. The molecule has 0 heterocycles. The van der Waals surface area contributed by atoms with Gasteiger partial charge in [-0.2, -0.15) is 0 Å². The fraction of sp³-hybridized carbons (Fsp3) is 0.857. The molecule has 0 spiro atoms. The van der Waals surface area contributed by atoms with Gasteiger partial charge in [-0.15, -0.1) is 0 Å². The molecular weight excluding hydrogens is 260 g/mol. The SMILES string of the molecule is COC(=O)C(N)[C@H]1CC[C@H](NC(=O)OC(C)(C)C)CC1. The van der Waals surface area contributed by atoms with Crippen molar-refractivity contribution < 1.29 is 19.1 Å². The van der Waals surface area contributed by atoms with E-state index in [1.807, 2.05) is 20.8 Å². The number of carbonyl (C=O) groups excluding carboxylic acids is 2. The summed E-state index contributed by atoms with van der Waals surface area (Å²) in [5.41, 5.74) is 5.35.